The molecule has 1 saturated carbocycles. The van der Waals surface area contributed by atoms with Crippen LogP contribution in [-0.4, -0.2) is 18.0 Å². The van der Waals surface area contributed by atoms with Crippen molar-refractivity contribution in [2.24, 2.45) is 0 Å². The predicted octanol–water partition coefficient (Wildman–Crippen LogP) is 3.68. The molecule has 100 valence electrons. The molecule has 1 aliphatic heterocycles. The molecule has 0 atom stereocenters. The van der Waals surface area contributed by atoms with Gasteiger partial charge in [0.1, 0.15) is 0 Å². The van der Waals surface area contributed by atoms with Gasteiger partial charge in [0.25, 0.3) is 5.69 Å². The average molecular weight is 258 g/mol. The maximum absolute atomic E-state index is 10.6. The number of rotatable bonds is 2. The number of benzene rings is 1. The Morgan fingerprint density at radius 3 is 2.00 bits per heavy atom. The Bertz CT molecular complexity index is 503. The lowest BCUT2D eigenvalue weighted by Gasteiger charge is -2.33. The summed E-state index contributed by atoms with van der Waals surface area (Å²) in [7, 11) is 0. The first-order valence-electron chi connectivity index (χ1n) is 6.93. The Hall–Kier alpha value is -1.84. The molecule has 0 aromatic heterocycles. The van der Waals surface area contributed by atoms with Crippen LogP contribution in [0.4, 0.5) is 11.4 Å². The van der Waals surface area contributed by atoms with Gasteiger partial charge in [-0.3, -0.25) is 10.1 Å². The molecule has 0 radical (unpaired) electrons. The van der Waals surface area contributed by atoms with E-state index in [9.17, 15) is 10.1 Å². The Labute approximate surface area is 112 Å². The second-order valence-corrected chi connectivity index (χ2v) is 5.32. The quantitative estimate of drug-likeness (QED) is 0.462. The van der Waals surface area contributed by atoms with Crippen LogP contribution in [0.25, 0.3) is 0 Å². The molecule has 4 nitrogen and oxygen atoms in total. The summed E-state index contributed by atoms with van der Waals surface area (Å²) in [6, 6.07) is 6.91. The fraction of sp³-hybridized carbons (Fsp3) is 0.467. The summed E-state index contributed by atoms with van der Waals surface area (Å²) in [6.45, 7) is 2.08. The van der Waals surface area contributed by atoms with Crippen molar-refractivity contribution in [3.05, 3.63) is 45.5 Å². The second kappa shape index (κ2) is 5.03. The number of allylic oxidation sites excluding steroid dienone is 1. The maximum Gasteiger partial charge on any atom is 0.269 e. The topological polar surface area (TPSA) is 46.4 Å². The van der Waals surface area contributed by atoms with E-state index in [0.717, 1.165) is 31.6 Å². The van der Waals surface area contributed by atoms with Crippen LogP contribution in [0.15, 0.2) is 35.4 Å². The summed E-state index contributed by atoms with van der Waals surface area (Å²) in [5.41, 5.74) is 4.63. The molecule has 1 saturated heterocycles. The normalized spacial score (nSPS) is 19.3. The summed E-state index contributed by atoms with van der Waals surface area (Å²) in [5, 5.41) is 10.6. The van der Waals surface area contributed by atoms with Gasteiger partial charge in [0.05, 0.1) is 4.92 Å². The van der Waals surface area contributed by atoms with E-state index in [1.54, 1.807) is 23.3 Å². The molecule has 1 aromatic carbocycles. The molecular weight excluding hydrogens is 240 g/mol. The molecule has 0 unspecified atom stereocenters. The minimum absolute atomic E-state index is 0.165. The zero-order chi connectivity index (χ0) is 13.2. The molecule has 0 bridgehead atoms. The largest absolute Gasteiger partial charge is 0.371 e. The zero-order valence-electron chi connectivity index (χ0n) is 11.0. The van der Waals surface area contributed by atoms with Gasteiger partial charge in [0, 0.05) is 30.9 Å². The molecular formula is C15H18N2O2. The standard InChI is InChI=1S/C15H18N2O2/c18-17(19)15-6-4-14(5-7-15)16-10-8-13(9-11-16)12-2-1-3-12/h4-7H,1-3,8-11H2. The molecule has 0 N–H and O–H groups in total. The summed E-state index contributed by atoms with van der Waals surface area (Å²) in [4.78, 5) is 12.6. The number of non-ortho nitro benzene ring substituents is 1. The number of nitrogens with zero attached hydrogens (tertiary/aromatic N) is 2. The van der Waals surface area contributed by atoms with Gasteiger partial charge in [-0.1, -0.05) is 11.1 Å². The van der Waals surface area contributed by atoms with E-state index < -0.39 is 0 Å². The molecule has 4 heteroatoms. The molecule has 3 rings (SSSR count). The van der Waals surface area contributed by atoms with Gasteiger partial charge in [0.2, 0.25) is 0 Å². The smallest absolute Gasteiger partial charge is 0.269 e. The minimum atomic E-state index is -0.348. The van der Waals surface area contributed by atoms with Gasteiger partial charge in [-0.15, -0.1) is 0 Å². The highest BCUT2D eigenvalue weighted by Crippen LogP contribution is 2.34. The molecule has 1 aliphatic carbocycles. The molecule has 2 fully saturated rings. The van der Waals surface area contributed by atoms with Crippen LogP contribution in [0.2, 0.25) is 0 Å². The van der Waals surface area contributed by atoms with Crippen molar-refractivity contribution in [3.8, 4) is 0 Å². The van der Waals surface area contributed by atoms with E-state index in [2.05, 4.69) is 4.90 Å². The lowest BCUT2D eigenvalue weighted by Crippen LogP contribution is -2.31. The SMILES string of the molecule is O=[N+]([O-])c1ccc(N2CCC(=C3CCC3)CC2)cc1. The van der Waals surface area contributed by atoms with E-state index in [0.29, 0.717) is 0 Å². The lowest BCUT2D eigenvalue weighted by molar-refractivity contribution is -0.384. The highest BCUT2D eigenvalue weighted by atomic mass is 16.6. The number of piperidine rings is 1. The van der Waals surface area contributed by atoms with Gasteiger partial charge in [-0.25, -0.2) is 0 Å². The Morgan fingerprint density at radius 1 is 0.947 bits per heavy atom. The van der Waals surface area contributed by atoms with Gasteiger partial charge in [0.15, 0.2) is 0 Å². The van der Waals surface area contributed by atoms with Crippen LogP contribution < -0.4 is 4.90 Å². The molecule has 0 amide bonds. The van der Waals surface area contributed by atoms with E-state index >= 15 is 0 Å². The average Bonchev–Trinajstić information content (AvgIpc) is 2.38. The highest BCUT2D eigenvalue weighted by Gasteiger charge is 2.20. The third-order valence-electron chi connectivity index (χ3n) is 4.25. The number of nitro groups is 1. The van der Waals surface area contributed by atoms with Crippen molar-refractivity contribution < 1.29 is 4.92 Å². The van der Waals surface area contributed by atoms with E-state index in [1.807, 2.05) is 12.1 Å². The third kappa shape index (κ3) is 2.48. The van der Waals surface area contributed by atoms with Gasteiger partial charge < -0.3 is 4.90 Å². The fourth-order valence-electron chi connectivity index (χ4n) is 2.88. The van der Waals surface area contributed by atoms with Crippen molar-refractivity contribution in [2.45, 2.75) is 32.1 Å². The van der Waals surface area contributed by atoms with Crippen molar-refractivity contribution in [1.29, 1.82) is 0 Å². The minimum Gasteiger partial charge on any atom is -0.371 e. The van der Waals surface area contributed by atoms with Gasteiger partial charge in [-0.05, 0) is 44.2 Å². The first kappa shape index (κ1) is 12.2. The zero-order valence-corrected chi connectivity index (χ0v) is 11.0. The highest BCUT2D eigenvalue weighted by molar-refractivity contribution is 5.51. The number of nitro benzene ring substituents is 1. The second-order valence-electron chi connectivity index (χ2n) is 5.32. The monoisotopic (exact) mass is 258 g/mol. The summed E-state index contributed by atoms with van der Waals surface area (Å²) >= 11 is 0. The van der Waals surface area contributed by atoms with E-state index in [4.69, 9.17) is 0 Å². The van der Waals surface area contributed by atoms with Gasteiger partial charge >= 0.3 is 0 Å². The fourth-order valence-corrected chi connectivity index (χ4v) is 2.88. The number of anilines is 1. The molecule has 1 aromatic rings. The first-order chi connectivity index (χ1) is 9.24. The van der Waals surface area contributed by atoms with E-state index in [1.165, 1.54) is 19.3 Å². The van der Waals surface area contributed by atoms with Crippen molar-refractivity contribution in [1.82, 2.24) is 0 Å². The van der Waals surface area contributed by atoms with Crippen LogP contribution >= 0.6 is 0 Å². The molecule has 1 heterocycles. The molecule has 2 aliphatic rings. The number of hydrogen-bond donors (Lipinski definition) is 0. The van der Waals surface area contributed by atoms with E-state index in [-0.39, 0.29) is 10.6 Å². The van der Waals surface area contributed by atoms with Crippen LogP contribution in [0, 0.1) is 10.1 Å². The predicted molar refractivity (Wildman–Crippen MR) is 75.4 cm³/mol. The van der Waals surface area contributed by atoms with Crippen LogP contribution in [0.1, 0.15) is 32.1 Å². The molecule has 0 spiro atoms. The van der Waals surface area contributed by atoms with Crippen LogP contribution in [-0.2, 0) is 0 Å². The lowest BCUT2D eigenvalue weighted by atomic mass is 9.84. The Kier molecular flexibility index (Phi) is 3.23. The van der Waals surface area contributed by atoms with Crippen LogP contribution in [0.3, 0.4) is 0 Å². The summed E-state index contributed by atoms with van der Waals surface area (Å²) in [5.74, 6) is 0. The maximum atomic E-state index is 10.6. The molecule has 19 heavy (non-hydrogen) atoms. The van der Waals surface area contributed by atoms with Crippen molar-refractivity contribution in [2.75, 3.05) is 18.0 Å². The van der Waals surface area contributed by atoms with Crippen molar-refractivity contribution >= 4 is 11.4 Å². The van der Waals surface area contributed by atoms with Crippen LogP contribution in [0.5, 0.6) is 0 Å². The summed E-state index contributed by atoms with van der Waals surface area (Å²) in [6.07, 6.45) is 6.31. The van der Waals surface area contributed by atoms with Gasteiger partial charge in [-0.2, -0.15) is 0 Å². The third-order valence-corrected chi connectivity index (χ3v) is 4.25. The van der Waals surface area contributed by atoms with Crippen molar-refractivity contribution in [3.63, 3.8) is 0 Å². The Balaban J connectivity index is 1.66. The summed E-state index contributed by atoms with van der Waals surface area (Å²) < 4.78 is 0. The number of hydrogen-bond acceptors (Lipinski definition) is 3. The first-order valence-corrected chi connectivity index (χ1v) is 6.93. The Morgan fingerprint density at radius 2 is 1.53 bits per heavy atom.